The molecule has 2 aliphatic carbocycles. The van der Waals surface area contributed by atoms with Crippen molar-refractivity contribution in [2.24, 2.45) is 17.1 Å². The Morgan fingerprint density at radius 3 is 2.29 bits per heavy atom. The van der Waals surface area contributed by atoms with Gasteiger partial charge in [0.05, 0.1) is 5.41 Å². The monoisotopic (exact) mass is 99.1 g/mol. The van der Waals surface area contributed by atoms with Crippen molar-refractivity contribution >= 4 is 5.91 Å². The van der Waals surface area contributed by atoms with Gasteiger partial charge in [-0.15, -0.1) is 0 Å². The van der Waals surface area contributed by atoms with Gasteiger partial charge in [0.25, 0.3) is 0 Å². The van der Waals surface area contributed by atoms with E-state index in [9.17, 15) is 4.79 Å². The van der Waals surface area contributed by atoms with Gasteiger partial charge in [-0.05, 0) is 18.8 Å². The Morgan fingerprint density at radius 2 is 2.29 bits per heavy atom. The summed E-state index contributed by atoms with van der Waals surface area (Å²) in [5, 5.41) is 0. The van der Waals surface area contributed by atoms with Gasteiger partial charge in [-0.2, -0.15) is 0 Å². The molecule has 0 aromatic rings. The van der Waals surface area contributed by atoms with Crippen LogP contribution in [0.2, 0.25) is 0 Å². The maximum Gasteiger partial charge on any atom is 0.223 e. The first kappa shape index (κ1) is 3.47. The third-order valence-electron chi connectivity index (χ3n) is 2.17. The number of primary amides is 1. The van der Waals surface area contributed by atoms with Crippen LogP contribution in [0.4, 0.5) is 0 Å². The summed E-state index contributed by atoms with van der Waals surface area (Å²) >= 11 is 0. The van der Waals surface area contributed by atoms with Gasteiger partial charge in [0.2, 0.25) is 5.91 Å². The van der Waals surface area contributed by atoms with Crippen molar-refractivity contribution in [3.8, 4) is 0 Å². The molecule has 2 N–H and O–H groups in total. The molecule has 0 radical (unpaired) electrons. The quantitative estimate of drug-likeness (QED) is 0.498. The average molecular weight is 99.1 g/mol. The Morgan fingerprint density at radius 1 is 1.86 bits per heavy atom. The number of amides is 1. The summed E-state index contributed by atoms with van der Waals surface area (Å²) in [7, 11) is 0. The zero-order valence-electron chi connectivity index (χ0n) is 3.98. The van der Waals surface area contributed by atoms with Crippen LogP contribution in [0.3, 0.4) is 0 Å². The van der Waals surface area contributed by atoms with Gasteiger partial charge in [0.1, 0.15) is 0 Å². The molecule has 0 saturated heterocycles. The Labute approximate surface area is 43.2 Å². The molecule has 40 valence electrons. The zero-order valence-corrected chi connectivity index (χ0v) is 3.98. The van der Waals surface area contributed by atoms with E-state index >= 15 is 0 Å². The standard InChI is InChI=1S/C5H7NO.H2/c6-4(7)5-1-3(5)2-5;/h3H,1-2H2,(H2,6,7);1H. The van der Waals surface area contributed by atoms with Crippen LogP contribution in [0, 0.1) is 11.3 Å². The average Bonchev–Trinajstić information content (AvgIpc) is 2.04. The normalized spacial score (nSPS) is 52.9. The van der Waals surface area contributed by atoms with Gasteiger partial charge in [-0.1, -0.05) is 0 Å². The van der Waals surface area contributed by atoms with Crippen LogP contribution in [0.15, 0.2) is 0 Å². The van der Waals surface area contributed by atoms with E-state index in [1.165, 1.54) is 0 Å². The number of rotatable bonds is 1. The molecule has 0 bridgehead atoms. The molecule has 0 spiro atoms. The molecular formula is C5H9NO. The maximum absolute atomic E-state index is 10.3. The van der Waals surface area contributed by atoms with Crippen molar-refractivity contribution in [2.45, 2.75) is 12.8 Å². The largest absolute Gasteiger partial charge is 0.369 e. The third-order valence-corrected chi connectivity index (χ3v) is 2.17. The van der Waals surface area contributed by atoms with Crippen molar-refractivity contribution in [2.75, 3.05) is 0 Å². The van der Waals surface area contributed by atoms with Gasteiger partial charge >= 0.3 is 0 Å². The van der Waals surface area contributed by atoms with E-state index in [1.54, 1.807) is 0 Å². The lowest BCUT2D eigenvalue weighted by atomic mass is 10.2. The summed E-state index contributed by atoms with van der Waals surface area (Å²) in [5.74, 6) is 0.641. The lowest BCUT2D eigenvalue weighted by molar-refractivity contribution is -0.121. The van der Waals surface area contributed by atoms with E-state index in [4.69, 9.17) is 5.73 Å². The van der Waals surface area contributed by atoms with Gasteiger partial charge in [-0.25, -0.2) is 0 Å². The number of nitrogens with two attached hydrogens (primary N) is 1. The highest BCUT2D eigenvalue weighted by atomic mass is 16.1. The van der Waals surface area contributed by atoms with E-state index in [-0.39, 0.29) is 12.7 Å². The second-order valence-corrected chi connectivity index (χ2v) is 2.63. The predicted octanol–water partition coefficient (Wildman–Crippen LogP) is 0.128. The number of carbonyl (C=O) groups is 1. The minimum Gasteiger partial charge on any atom is -0.369 e. The van der Waals surface area contributed by atoms with Crippen molar-refractivity contribution in [3.63, 3.8) is 0 Å². The second kappa shape index (κ2) is 0.602. The van der Waals surface area contributed by atoms with E-state index in [0.29, 0.717) is 5.92 Å². The van der Waals surface area contributed by atoms with Crippen LogP contribution in [0.1, 0.15) is 14.3 Å². The molecule has 2 fully saturated rings. The molecule has 7 heavy (non-hydrogen) atoms. The fourth-order valence-electron chi connectivity index (χ4n) is 1.10. The predicted molar refractivity (Wildman–Crippen MR) is 26.5 cm³/mol. The minimum atomic E-state index is -0.0718. The highest BCUT2D eigenvalue weighted by Crippen LogP contribution is 2.74. The topological polar surface area (TPSA) is 43.1 Å². The summed E-state index contributed by atoms with van der Waals surface area (Å²) < 4.78 is 0. The number of hydrogen-bond donors (Lipinski definition) is 1. The van der Waals surface area contributed by atoms with Gasteiger partial charge < -0.3 is 5.73 Å². The molecule has 2 saturated carbocycles. The second-order valence-electron chi connectivity index (χ2n) is 2.63. The van der Waals surface area contributed by atoms with E-state index in [2.05, 4.69) is 0 Å². The van der Waals surface area contributed by atoms with Crippen LogP contribution in [-0.2, 0) is 4.79 Å². The Kier molecular flexibility index (Phi) is 0.299. The fraction of sp³-hybridized carbons (Fsp3) is 0.800. The molecule has 0 atom stereocenters. The Bertz CT molecular complexity index is 139. The van der Waals surface area contributed by atoms with Gasteiger partial charge in [-0.3, -0.25) is 4.79 Å². The molecule has 0 unspecified atom stereocenters. The summed E-state index contributed by atoms with van der Waals surface area (Å²) in [6.45, 7) is 0. The van der Waals surface area contributed by atoms with Crippen molar-refractivity contribution in [1.82, 2.24) is 0 Å². The highest BCUT2D eigenvalue weighted by molar-refractivity contribution is 5.88. The summed E-state index contributed by atoms with van der Waals surface area (Å²) in [6, 6.07) is 0. The van der Waals surface area contributed by atoms with Crippen molar-refractivity contribution < 1.29 is 6.22 Å². The van der Waals surface area contributed by atoms with E-state index in [0.717, 1.165) is 12.8 Å². The Balaban J connectivity index is 0.000000320. The summed E-state index contributed by atoms with van der Waals surface area (Å²) in [5.41, 5.74) is 5.09. The minimum absolute atomic E-state index is 0. The molecule has 2 heteroatoms. The maximum atomic E-state index is 10.3. The molecule has 1 amide bonds. The van der Waals surface area contributed by atoms with Crippen LogP contribution < -0.4 is 5.73 Å². The first-order valence-corrected chi connectivity index (χ1v) is 2.56. The molecule has 0 aliphatic heterocycles. The van der Waals surface area contributed by atoms with Crippen LogP contribution in [-0.4, -0.2) is 5.91 Å². The van der Waals surface area contributed by atoms with Crippen molar-refractivity contribution in [3.05, 3.63) is 0 Å². The molecule has 0 heterocycles. The highest BCUT2D eigenvalue weighted by Gasteiger charge is 2.73. The fourth-order valence-corrected chi connectivity index (χ4v) is 1.10. The number of hydrogen-bond acceptors (Lipinski definition) is 1. The first-order chi connectivity index (χ1) is 3.26. The lowest BCUT2D eigenvalue weighted by Crippen LogP contribution is -2.17. The van der Waals surface area contributed by atoms with Gasteiger partial charge in [0.15, 0.2) is 0 Å². The molecule has 2 aliphatic rings. The van der Waals surface area contributed by atoms with E-state index in [1.807, 2.05) is 0 Å². The molecule has 2 rings (SSSR count). The van der Waals surface area contributed by atoms with E-state index < -0.39 is 0 Å². The first-order valence-electron chi connectivity index (χ1n) is 2.56. The molecular weight excluding hydrogens is 90.1 g/mol. The van der Waals surface area contributed by atoms with Crippen LogP contribution in [0.5, 0.6) is 0 Å². The third kappa shape index (κ3) is 0.216. The smallest absolute Gasteiger partial charge is 0.223 e. The molecule has 0 aromatic carbocycles. The number of carbonyl (C=O) groups excluding carboxylic acids is 1. The lowest BCUT2D eigenvalue weighted by Gasteiger charge is -1.89. The molecule has 0 aromatic heterocycles. The Hall–Kier alpha value is -0.530. The summed E-state index contributed by atoms with van der Waals surface area (Å²) in [6.07, 6.45) is 2.17. The number of fused-ring (bicyclic) bond motifs is 1. The summed E-state index contributed by atoms with van der Waals surface area (Å²) in [4.78, 5) is 10.3. The molecule has 2 nitrogen and oxygen atoms in total. The van der Waals surface area contributed by atoms with Crippen LogP contribution in [0.25, 0.3) is 0 Å². The van der Waals surface area contributed by atoms with Crippen molar-refractivity contribution in [1.29, 1.82) is 0 Å². The zero-order chi connectivity index (χ0) is 5.07. The van der Waals surface area contributed by atoms with Crippen LogP contribution >= 0.6 is 0 Å². The van der Waals surface area contributed by atoms with Gasteiger partial charge in [0, 0.05) is 1.43 Å². The SMILES string of the molecule is NC(=O)C12CC1C2.[HH].